The first-order chi connectivity index (χ1) is 8.51. The van der Waals surface area contributed by atoms with E-state index in [2.05, 4.69) is 4.98 Å². The van der Waals surface area contributed by atoms with Gasteiger partial charge in [-0.1, -0.05) is 11.6 Å². The van der Waals surface area contributed by atoms with Crippen molar-refractivity contribution in [3.05, 3.63) is 28.0 Å². The van der Waals surface area contributed by atoms with Crippen molar-refractivity contribution >= 4 is 29.2 Å². The fourth-order valence-corrected chi connectivity index (χ4v) is 2.01. The molecule has 0 aliphatic rings. The predicted molar refractivity (Wildman–Crippen MR) is 64.1 cm³/mol. The number of alkyl halides is 3. The Hall–Kier alpha value is -0.940. The van der Waals surface area contributed by atoms with Crippen molar-refractivity contribution in [3.63, 3.8) is 0 Å². The van der Waals surface area contributed by atoms with E-state index >= 15 is 0 Å². The molecule has 0 unspecified atom stereocenters. The summed E-state index contributed by atoms with van der Waals surface area (Å²) < 4.78 is 30.4. The van der Waals surface area contributed by atoms with E-state index in [-0.39, 0.29) is 40.8 Å². The quantitative estimate of drug-likeness (QED) is 0.617. The Bertz CT molecular complexity index is 441. The van der Waals surface area contributed by atoms with E-state index in [4.69, 9.17) is 27.9 Å². The molecule has 0 bridgehead atoms. The fourth-order valence-electron chi connectivity index (χ4n) is 1.47. The Balaban J connectivity index is 3.13. The monoisotopic (exact) mass is 297 g/mol. The second kappa shape index (κ2) is 6.85. The minimum atomic E-state index is -2.77. The van der Waals surface area contributed by atoms with Gasteiger partial charge in [0.15, 0.2) is 0 Å². The summed E-state index contributed by atoms with van der Waals surface area (Å²) in [6.45, 7) is 1.87. The van der Waals surface area contributed by atoms with Crippen LogP contribution in [-0.2, 0) is 21.8 Å². The zero-order chi connectivity index (χ0) is 13.7. The number of carbonyl (C=O) groups is 1. The molecule has 100 valence electrons. The van der Waals surface area contributed by atoms with Crippen molar-refractivity contribution in [2.45, 2.75) is 25.7 Å². The van der Waals surface area contributed by atoms with Gasteiger partial charge in [-0.2, -0.15) is 0 Å². The van der Waals surface area contributed by atoms with Gasteiger partial charge >= 0.3 is 5.97 Å². The van der Waals surface area contributed by atoms with Crippen LogP contribution in [0.15, 0.2) is 6.20 Å². The molecular weight excluding hydrogens is 287 g/mol. The molecule has 1 rings (SSSR count). The Labute approximate surface area is 113 Å². The zero-order valence-electron chi connectivity index (χ0n) is 9.55. The Morgan fingerprint density at radius 3 is 2.72 bits per heavy atom. The maximum absolute atomic E-state index is 12.9. The molecule has 7 heteroatoms. The van der Waals surface area contributed by atoms with Crippen molar-refractivity contribution in [3.8, 4) is 0 Å². The molecule has 0 saturated carbocycles. The largest absolute Gasteiger partial charge is 0.466 e. The third-order valence-corrected chi connectivity index (χ3v) is 2.80. The number of aromatic nitrogens is 1. The SMILES string of the molecule is CCOC(=O)Cc1ncc(Cl)c(C(F)F)c1CCl. The van der Waals surface area contributed by atoms with Crippen LogP contribution in [0.1, 0.15) is 30.2 Å². The van der Waals surface area contributed by atoms with Gasteiger partial charge in [0.25, 0.3) is 6.43 Å². The van der Waals surface area contributed by atoms with Gasteiger partial charge in [0.2, 0.25) is 0 Å². The zero-order valence-corrected chi connectivity index (χ0v) is 11.1. The van der Waals surface area contributed by atoms with Gasteiger partial charge < -0.3 is 4.74 Å². The van der Waals surface area contributed by atoms with Crippen LogP contribution in [0.2, 0.25) is 5.02 Å². The highest BCUT2D eigenvalue weighted by atomic mass is 35.5. The van der Waals surface area contributed by atoms with Gasteiger partial charge in [0.05, 0.1) is 23.7 Å². The predicted octanol–water partition coefficient (Wildman–Crippen LogP) is 3.52. The number of hydrogen-bond acceptors (Lipinski definition) is 3. The maximum Gasteiger partial charge on any atom is 0.311 e. The number of carbonyl (C=O) groups excluding carboxylic acids is 1. The molecule has 1 heterocycles. The summed E-state index contributed by atoms with van der Waals surface area (Å²) in [5.74, 6) is -0.735. The first kappa shape index (κ1) is 15.1. The summed E-state index contributed by atoms with van der Waals surface area (Å²) in [5.41, 5.74) is -0.115. The summed E-state index contributed by atoms with van der Waals surface area (Å²) in [5, 5.41) is -0.159. The van der Waals surface area contributed by atoms with Gasteiger partial charge in [-0.05, 0) is 12.5 Å². The lowest BCUT2D eigenvalue weighted by Gasteiger charge is -2.12. The first-order valence-corrected chi connectivity index (χ1v) is 6.08. The van der Waals surface area contributed by atoms with Gasteiger partial charge in [0, 0.05) is 17.6 Å². The molecule has 0 aliphatic heterocycles. The van der Waals surface area contributed by atoms with Crippen LogP contribution >= 0.6 is 23.2 Å². The molecule has 0 aliphatic carbocycles. The van der Waals surface area contributed by atoms with Crippen molar-refractivity contribution in [2.75, 3.05) is 6.61 Å². The molecule has 1 aromatic rings. The van der Waals surface area contributed by atoms with Gasteiger partial charge in [-0.25, -0.2) is 8.78 Å². The van der Waals surface area contributed by atoms with Gasteiger partial charge in [-0.15, -0.1) is 11.6 Å². The van der Waals surface area contributed by atoms with Crippen LogP contribution in [0.4, 0.5) is 8.78 Å². The van der Waals surface area contributed by atoms with E-state index in [9.17, 15) is 13.6 Å². The molecule has 0 aromatic carbocycles. The third-order valence-electron chi connectivity index (χ3n) is 2.23. The number of rotatable bonds is 5. The van der Waals surface area contributed by atoms with E-state index in [0.29, 0.717) is 0 Å². The molecule has 0 atom stereocenters. The van der Waals surface area contributed by atoms with E-state index in [1.807, 2.05) is 0 Å². The molecule has 0 spiro atoms. The number of hydrogen-bond donors (Lipinski definition) is 0. The minimum absolute atomic E-state index is 0.0900. The first-order valence-electron chi connectivity index (χ1n) is 5.17. The summed E-state index contributed by atoms with van der Waals surface area (Å²) in [7, 11) is 0. The van der Waals surface area contributed by atoms with Crippen LogP contribution in [0.25, 0.3) is 0 Å². The molecule has 0 radical (unpaired) electrons. The van der Waals surface area contributed by atoms with Crippen LogP contribution < -0.4 is 0 Å². The normalized spacial score (nSPS) is 10.8. The lowest BCUT2D eigenvalue weighted by molar-refractivity contribution is -0.142. The van der Waals surface area contributed by atoms with Crippen LogP contribution in [0.3, 0.4) is 0 Å². The highest BCUT2D eigenvalue weighted by Crippen LogP contribution is 2.32. The molecule has 0 fully saturated rings. The van der Waals surface area contributed by atoms with E-state index in [1.165, 1.54) is 0 Å². The Morgan fingerprint density at radius 1 is 1.56 bits per heavy atom. The summed E-state index contributed by atoms with van der Waals surface area (Å²) >= 11 is 11.3. The number of halogens is 4. The number of nitrogens with zero attached hydrogens (tertiary/aromatic N) is 1. The molecule has 0 N–H and O–H groups in total. The summed E-state index contributed by atoms with van der Waals surface area (Å²) in [6.07, 6.45) is -1.88. The topological polar surface area (TPSA) is 39.2 Å². The second-order valence-corrected chi connectivity index (χ2v) is 4.04. The van der Waals surface area contributed by atoms with Crippen LogP contribution in [0.5, 0.6) is 0 Å². The van der Waals surface area contributed by atoms with Gasteiger partial charge in [-0.3, -0.25) is 9.78 Å². The lowest BCUT2D eigenvalue weighted by Crippen LogP contribution is -2.12. The van der Waals surface area contributed by atoms with Crippen LogP contribution in [-0.4, -0.2) is 17.6 Å². The number of esters is 1. The molecule has 0 amide bonds. The average molecular weight is 298 g/mol. The maximum atomic E-state index is 12.9. The number of ether oxygens (including phenoxy) is 1. The van der Waals surface area contributed by atoms with Crippen molar-refractivity contribution < 1.29 is 18.3 Å². The fraction of sp³-hybridized carbons (Fsp3) is 0.455. The number of pyridine rings is 1. The molecule has 18 heavy (non-hydrogen) atoms. The minimum Gasteiger partial charge on any atom is -0.466 e. The third kappa shape index (κ3) is 3.53. The van der Waals surface area contributed by atoms with Crippen LogP contribution in [0, 0.1) is 0 Å². The molecule has 0 saturated heterocycles. The van der Waals surface area contributed by atoms with E-state index in [1.54, 1.807) is 6.92 Å². The molecule has 1 aromatic heterocycles. The molecule has 3 nitrogen and oxygen atoms in total. The standard InChI is InChI=1S/C11H11Cl2F2NO2/c1-2-18-9(17)3-8-6(4-12)10(11(14)15)7(13)5-16-8/h5,11H,2-4H2,1H3. The average Bonchev–Trinajstić information content (AvgIpc) is 2.30. The van der Waals surface area contributed by atoms with E-state index < -0.39 is 12.4 Å². The van der Waals surface area contributed by atoms with Crippen molar-refractivity contribution in [1.82, 2.24) is 4.98 Å². The van der Waals surface area contributed by atoms with E-state index in [0.717, 1.165) is 6.20 Å². The van der Waals surface area contributed by atoms with Crippen molar-refractivity contribution in [1.29, 1.82) is 0 Å². The summed E-state index contributed by atoms with van der Waals surface area (Å²) in [4.78, 5) is 15.2. The smallest absolute Gasteiger partial charge is 0.311 e. The Kier molecular flexibility index (Phi) is 5.75. The highest BCUT2D eigenvalue weighted by molar-refractivity contribution is 6.31. The lowest BCUT2D eigenvalue weighted by atomic mass is 10.1. The Morgan fingerprint density at radius 2 is 2.22 bits per heavy atom. The summed E-state index contributed by atoms with van der Waals surface area (Å²) in [6, 6.07) is 0. The second-order valence-electron chi connectivity index (χ2n) is 3.36. The van der Waals surface area contributed by atoms with Gasteiger partial charge in [0.1, 0.15) is 0 Å². The highest BCUT2D eigenvalue weighted by Gasteiger charge is 2.22. The molecular formula is C11H11Cl2F2NO2. The van der Waals surface area contributed by atoms with Crippen molar-refractivity contribution in [2.24, 2.45) is 0 Å².